The molecule has 0 aliphatic rings. The van der Waals surface area contributed by atoms with Gasteiger partial charge in [-0.2, -0.15) is 0 Å². The topological polar surface area (TPSA) is 78.9 Å². The van der Waals surface area contributed by atoms with E-state index in [2.05, 4.69) is 57.2 Å². The smallest absolute Gasteiger partial charge is 0.306 e. The van der Waals surface area contributed by atoms with Crippen LogP contribution in [0.5, 0.6) is 0 Å². The highest BCUT2D eigenvalue weighted by atomic mass is 16.6. The van der Waals surface area contributed by atoms with Gasteiger partial charge in [0.25, 0.3) is 0 Å². The lowest BCUT2D eigenvalue weighted by Gasteiger charge is -2.18. The summed E-state index contributed by atoms with van der Waals surface area (Å²) in [5.41, 5.74) is 0. The Balaban J connectivity index is 4.18. The maximum Gasteiger partial charge on any atom is 0.306 e. The van der Waals surface area contributed by atoms with Crippen LogP contribution in [0.15, 0.2) is 36.5 Å². The number of hydrogen-bond acceptors (Lipinski definition) is 6. The van der Waals surface area contributed by atoms with Crippen LogP contribution in [0.3, 0.4) is 0 Å². The van der Waals surface area contributed by atoms with Crippen molar-refractivity contribution >= 4 is 17.9 Å². The van der Waals surface area contributed by atoms with Crippen LogP contribution in [-0.2, 0) is 28.6 Å². The van der Waals surface area contributed by atoms with Crippen molar-refractivity contribution in [2.75, 3.05) is 13.2 Å². The van der Waals surface area contributed by atoms with Crippen LogP contribution in [0.4, 0.5) is 0 Å². The molecule has 0 aromatic carbocycles. The first-order valence-corrected chi connectivity index (χ1v) is 35.0. The van der Waals surface area contributed by atoms with E-state index in [1.54, 1.807) is 0 Å². The first-order valence-electron chi connectivity index (χ1n) is 35.0. The fourth-order valence-corrected chi connectivity index (χ4v) is 10.6. The first-order chi connectivity index (χ1) is 38.5. The molecule has 6 nitrogen and oxygen atoms in total. The number of esters is 3. The zero-order valence-corrected chi connectivity index (χ0v) is 52.7. The maximum absolute atomic E-state index is 12.9. The Morgan fingerprint density at radius 2 is 0.462 bits per heavy atom. The minimum Gasteiger partial charge on any atom is -0.462 e. The van der Waals surface area contributed by atoms with Gasteiger partial charge in [-0.25, -0.2) is 0 Å². The summed E-state index contributed by atoms with van der Waals surface area (Å²) in [6.07, 6.45) is 83.2. The molecule has 0 rings (SSSR count). The third-order valence-corrected chi connectivity index (χ3v) is 15.9. The fraction of sp³-hybridized carbons (Fsp3) is 0.875. The molecule has 6 heteroatoms. The average molecular weight is 1100 g/mol. The highest BCUT2D eigenvalue weighted by Gasteiger charge is 2.19. The zero-order chi connectivity index (χ0) is 56.4. The van der Waals surface area contributed by atoms with E-state index in [1.165, 1.54) is 270 Å². The minimum absolute atomic E-state index is 0.0738. The third-order valence-electron chi connectivity index (χ3n) is 15.9. The van der Waals surface area contributed by atoms with Crippen LogP contribution < -0.4 is 0 Å². The summed E-state index contributed by atoms with van der Waals surface area (Å²) in [4.78, 5) is 38.3. The summed E-state index contributed by atoms with van der Waals surface area (Å²) < 4.78 is 17.0. The zero-order valence-electron chi connectivity index (χ0n) is 52.7. The van der Waals surface area contributed by atoms with Crippen molar-refractivity contribution in [3.05, 3.63) is 36.5 Å². The maximum atomic E-state index is 12.9. The molecule has 0 saturated heterocycles. The molecule has 0 heterocycles. The van der Waals surface area contributed by atoms with Crippen LogP contribution in [0.1, 0.15) is 387 Å². The van der Waals surface area contributed by atoms with Gasteiger partial charge >= 0.3 is 17.9 Å². The number of unbranched alkanes of at least 4 members (excludes halogenated alkanes) is 48. The lowest BCUT2D eigenvalue weighted by molar-refractivity contribution is -0.167. The van der Waals surface area contributed by atoms with Crippen LogP contribution in [0.25, 0.3) is 0 Å². The van der Waals surface area contributed by atoms with Crippen molar-refractivity contribution in [1.82, 2.24) is 0 Å². The molecular weight excluding hydrogens is 961 g/mol. The molecule has 0 bridgehead atoms. The summed E-state index contributed by atoms with van der Waals surface area (Å²) in [7, 11) is 0. The van der Waals surface area contributed by atoms with Gasteiger partial charge in [0, 0.05) is 19.3 Å². The highest BCUT2D eigenvalue weighted by molar-refractivity contribution is 5.71. The van der Waals surface area contributed by atoms with Gasteiger partial charge in [0.05, 0.1) is 0 Å². The number of rotatable bonds is 65. The van der Waals surface area contributed by atoms with Gasteiger partial charge < -0.3 is 14.2 Å². The SMILES string of the molecule is CCCCCC/C=C\C/C=C\CCCCCCCCCC(=O)OC(COC(=O)CCCCCCC/C=C\CCCCCC)COC(=O)CCCCCCCCCCCCCCCCCCCCCCCCCCCCCCC. The Morgan fingerprint density at radius 1 is 0.256 bits per heavy atom. The van der Waals surface area contributed by atoms with Gasteiger partial charge in [0.2, 0.25) is 0 Å². The normalized spacial score (nSPS) is 12.2. The van der Waals surface area contributed by atoms with Crippen molar-refractivity contribution in [2.45, 2.75) is 393 Å². The number of hydrogen-bond donors (Lipinski definition) is 0. The fourth-order valence-electron chi connectivity index (χ4n) is 10.6. The minimum atomic E-state index is -0.778. The molecule has 0 saturated carbocycles. The van der Waals surface area contributed by atoms with E-state index in [1.807, 2.05) is 0 Å². The molecule has 0 fully saturated rings. The van der Waals surface area contributed by atoms with Gasteiger partial charge in [-0.15, -0.1) is 0 Å². The van der Waals surface area contributed by atoms with E-state index >= 15 is 0 Å². The number of carbonyl (C=O) groups is 3. The Kier molecular flexibility index (Phi) is 65.1. The largest absolute Gasteiger partial charge is 0.462 e. The summed E-state index contributed by atoms with van der Waals surface area (Å²) >= 11 is 0. The van der Waals surface area contributed by atoms with Gasteiger partial charge in [-0.1, -0.05) is 327 Å². The van der Waals surface area contributed by atoms with E-state index in [4.69, 9.17) is 14.2 Å². The summed E-state index contributed by atoms with van der Waals surface area (Å²) in [5.74, 6) is -0.866. The molecule has 0 amide bonds. The van der Waals surface area contributed by atoms with Crippen molar-refractivity contribution in [2.24, 2.45) is 0 Å². The van der Waals surface area contributed by atoms with Crippen LogP contribution in [-0.4, -0.2) is 37.2 Å². The average Bonchev–Trinajstić information content (AvgIpc) is 3.44. The molecular formula is C72H134O6. The third kappa shape index (κ3) is 64.5. The second-order valence-corrected chi connectivity index (χ2v) is 23.8. The van der Waals surface area contributed by atoms with Crippen molar-refractivity contribution < 1.29 is 28.6 Å². The number of ether oxygens (including phenoxy) is 3. The Labute approximate surface area is 486 Å². The van der Waals surface area contributed by atoms with E-state index in [0.29, 0.717) is 19.3 Å². The number of allylic oxidation sites excluding steroid dienone is 6. The molecule has 1 atom stereocenters. The molecule has 0 aliphatic carbocycles. The van der Waals surface area contributed by atoms with Crippen LogP contribution in [0, 0.1) is 0 Å². The van der Waals surface area contributed by atoms with E-state index < -0.39 is 6.10 Å². The van der Waals surface area contributed by atoms with Crippen molar-refractivity contribution in [3.63, 3.8) is 0 Å². The molecule has 0 spiro atoms. The monoisotopic (exact) mass is 1100 g/mol. The van der Waals surface area contributed by atoms with E-state index in [-0.39, 0.29) is 31.1 Å². The van der Waals surface area contributed by atoms with E-state index in [0.717, 1.165) is 77.0 Å². The van der Waals surface area contributed by atoms with Crippen LogP contribution in [0.2, 0.25) is 0 Å². The highest BCUT2D eigenvalue weighted by Crippen LogP contribution is 2.18. The molecule has 0 aromatic heterocycles. The summed E-state index contributed by atoms with van der Waals surface area (Å²) in [5, 5.41) is 0. The van der Waals surface area contributed by atoms with Gasteiger partial charge in [-0.05, 0) is 77.0 Å². The van der Waals surface area contributed by atoms with Crippen molar-refractivity contribution in [3.8, 4) is 0 Å². The summed E-state index contributed by atoms with van der Waals surface area (Å²) in [6.45, 7) is 6.66. The van der Waals surface area contributed by atoms with Crippen molar-refractivity contribution in [1.29, 1.82) is 0 Å². The molecule has 0 aliphatic heterocycles. The molecule has 0 radical (unpaired) electrons. The quantitative estimate of drug-likeness (QED) is 0.0261. The Bertz CT molecular complexity index is 1300. The standard InChI is InChI=1S/C72H134O6/c1-4-7-10-13-16-19-22-25-27-29-31-32-33-34-35-36-37-38-39-40-41-43-44-47-50-53-56-59-62-65-71(74)77-68-69(67-76-70(73)64-61-58-55-52-49-46-24-21-18-15-12-9-6-3)78-72(75)66-63-60-57-54-51-48-45-42-30-28-26-23-20-17-14-11-8-5-2/h20-21,23-24,28,30,69H,4-19,22,25-27,29,31-68H2,1-3H3/b23-20-,24-21-,30-28-. The lowest BCUT2D eigenvalue weighted by atomic mass is 10.0. The lowest BCUT2D eigenvalue weighted by Crippen LogP contribution is -2.30. The molecule has 458 valence electrons. The molecule has 0 aromatic rings. The molecule has 78 heavy (non-hydrogen) atoms. The number of carbonyl (C=O) groups excluding carboxylic acids is 3. The Hall–Kier alpha value is -2.37. The summed E-state index contributed by atoms with van der Waals surface area (Å²) in [6, 6.07) is 0. The van der Waals surface area contributed by atoms with Gasteiger partial charge in [0.15, 0.2) is 6.10 Å². The van der Waals surface area contributed by atoms with Gasteiger partial charge in [-0.3, -0.25) is 14.4 Å². The Morgan fingerprint density at radius 3 is 0.731 bits per heavy atom. The first kappa shape index (κ1) is 75.6. The molecule has 1 unspecified atom stereocenters. The van der Waals surface area contributed by atoms with Crippen LogP contribution >= 0.6 is 0 Å². The predicted octanol–water partition coefficient (Wildman–Crippen LogP) is 23.9. The van der Waals surface area contributed by atoms with Gasteiger partial charge in [0.1, 0.15) is 13.2 Å². The second-order valence-electron chi connectivity index (χ2n) is 23.8. The van der Waals surface area contributed by atoms with E-state index in [9.17, 15) is 14.4 Å². The second kappa shape index (κ2) is 67.1. The predicted molar refractivity (Wildman–Crippen MR) is 339 cm³/mol. The molecule has 0 N–H and O–H groups in total.